The molecule has 6 heteroatoms. The minimum Gasteiger partial charge on any atom is -0.497 e. The van der Waals surface area contributed by atoms with E-state index in [4.69, 9.17) is 4.74 Å². The molecule has 0 bridgehead atoms. The number of ether oxygens (including phenoxy) is 1. The Morgan fingerprint density at radius 3 is 2.64 bits per heavy atom. The van der Waals surface area contributed by atoms with Gasteiger partial charge in [0.1, 0.15) is 5.75 Å². The molecule has 1 aromatic carbocycles. The van der Waals surface area contributed by atoms with Crippen LogP contribution in [-0.2, 0) is 6.54 Å². The number of aromatic nitrogens is 2. The van der Waals surface area contributed by atoms with Gasteiger partial charge in [0.05, 0.1) is 13.4 Å². The fraction of sp³-hybridized carbons (Fsp3) is 0.474. The number of hydrogen-bond acceptors (Lipinski definition) is 3. The normalized spacial score (nSPS) is 12.7. The Kier molecular flexibility index (Phi) is 7.82. The summed E-state index contributed by atoms with van der Waals surface area (Å²) in [5, 5.41) is 6.73. The number of nitrogens with one attached hydrogen (secondary N) is 2. The third kappa shape index (κ3) is 6.49. The fourth-order valence-corrected chi connectivity index (χ4v) is 2.61. The number of rotatable bonds is 9. The molecule has 0 spiro atoms. The second kappa shape index (κ2) is 10.4. The smallest absolute Gasteiger partial charge is 0.190 e. The van der Waals surface area contributed by atoms with E-state index in [1.165, 1.54) is 5.56 Å². The first-order valence-electron chi connectivity index (χ1n) is 8.77. The van der Waals surface area contributed by atoms with Gasteiger partial charge in [-0.1, -0.05) is 19.1 Å². The zero-order chi connectivity index (χ0) is 17.9. The first kappa shape index (κ1) is 18.8. The zero-order valence-corrected chi connectivity index (χ0v) is 15.4. The van der Waals surface area contributed by atoms with Crippen LogP contribution in [0.25, 0.3) is 0 Å². The summed E-state index contributed by atoms with van der Waals surface area (Å²) in [4.78, 5) is 8.32. The van der Waals surface area contributed by atoms with Crippen LogP contribution in [0.3, 0.4) is 0 Å². The molecule has 136 valence electrons. The predicted molar refractivity (Wildman–Crippen MR) is 102 cm³/mol. The summed E-state index contributed by atoms with van der Waals surface area (Å²) in [6.07, 6.45) is 7.69. The molecule has 0 radical (unpaired) electrons. The summed E-state index contributed by atoms with van der Waals surface area (Å²) in [5.41, 5.74) is 1.32. The number of aryl methyl sites for hydroxylation is 1. The molecule has 1 unspecified atom stereocenters. The van der Waals surface area contributed by atoms with Crippen molar-refractivity contribution in [2.75, 3.05) is 27.2 Å². The van der Waals surface area contributed by atoms with E-state index in [0.717, 1.165) is 44.2 Å². The van der Waals surface area contributed by atoms with Crippen LogP contribution in [0.5, 0.6) is 5.75 Å². The van der Waals surface area contributed by atoms with Crippen LogP contribution in [0, 0.1) is 0 Å². The SMILES string of the molecule is CN=C(NCCCn1ccnc1)NCCC(C)c1ccc(OC)cc1. The first-order chi connectivity index (χ1) is 12.2. The van der Waals surface area contributed by atoms with Gasteiger partial charge < -0.3 is 19.9 Å². The molecule has 1 aromatic heterocycles. The van der Waals surface area contributed by atoms with Gasteiger partial charge in [-0.15, -0.1) is 0 Å². The number of benzene rings is 1. The molecule has 0 saturated carbocycles. The molecule has 2 rings (SSSR count). The minimum atomic E-state index is 0.484. The molecule has 1 heterocycles. The monoisotopic (exact) mass is 343 g/mol. The van der Waals surface area contributed by atoms with Gasteiger partial charge in [-0.2, -0.15) is 0 Å². The van der Waals surface area contributed by atoms with Crippen LogP contribution < -0.4 is 15.4 Å². The van der Waals surface area contributed by atoms with E-state index in [0.29, 0.717) is 5.92 Å². The van der Waals surface area contributed by atoms with E-state index in [9.17, 15) is 0 Å². The van der Waals surface area contributed by atoms with Crippen molar-refractivity contribution in [3.05, 3.63) is 48.5 Å². The van der Waals surface area contributed by atoms with Gasteiger partial charge in [-0.05, 0) is 36.5 Å². The van der Waals surface area contributed by atoms with Crippen LogP contribution >= 0.6 is 0 Å². The molecule has 0 aliphatic carbocycles. The lowest BCUT2D eigenvalue weighted by atomic mass is 9.98. The highest BCUT2D eigenvalue weighted by Gasteiger charge is 2.06. The van der Waals surface area contributed by atoms with Crippen molar-refractivity contribution in [2.24, 2.45) is 4.99 Å². The van der Waals surface area contributed by atoms with Crippen LogP contribution in [0.4, 0.5) is 0 Å². The highest BCUT2D eigenvalue weighted by Crippen LogP contribution is 2.21. The Hall–Kier alpha value is -2.50. The summed E-state index contributed by atoms with van der Waals surface area (Å²) in [5.74, 6) is 2.24. The quantitative estimate of drug-likeness (QED) is 0.417. The number of imidazole rings is 1. The molecule has 6 nitrogen and oxygen atoms in total. The average Bonchev–Trinajstić information content (AvgIpc) is 3.17. The highest BCUT2D eigenvalue weighted by atomic mass is 16.5. The standard InChI is InChI=1S/C19H29N5O/c1-16(17-5-7-18(25-3)8-6-17)9-11-23-19(20-2)22-10-4-13-24-14-12-21-15-24/h5-8,12,14-16H,4,9-11,13H2,1-3H3,(H2,20,22,23). The van der Waals surface area contributed by atoms with Crippen molar-refractivity contribution >= 4 is 5.96 Å². The summed E-state index contributed by atoms with van der Waals surface area (Å²) < 4.78 is 7.28. The molecule has 0 aliphatic rings. The second-order valence-electron chi connectivity index (χ2n) is 6.04. The molecule has 2 aromatic rings. The lowest BCUT2D eigenvalue weighted by molar-refractivity contribution is 0.414. The highest BCUT2D eigenvalue weighted by molar-refractivity contribution is 5.79. The minimum absolute atomic E-state index is 0.484. The van der Waals surface area contributed by atoms with Gasteiger partial charge in [0.25, 0.3) is 0 Å². The topological polar surface area (TPSA) is 63.5 Å². The van der Waals surface area contributed by atoms with Crippen LogP contribution in [-0.4, -0.2) is 42.8 Å². The first-order valence-corrected chi connectivity index (χ1v) is 8.77. The van der Waals surface area contributed by atoms with E-state index in [1.807, 2.05) is 24.7 Å². The maximum Gasteiger partial charge on any atom is 0.190 e. The van der Waals surface area contributed by atoms with Crippen LogP contribution in [0.15, 0.2) is 48.0 Å². The number of methoxy groups -OCH3 is 1. The second-order valence-corrected chi connectivity index (χ2v) is 6.04. The van der Waals surface area contributed by atoms with Gasteiger partial charge in [-0.25, -0.2) is 4.98 Å². The summed E-state index contributed by atoms with van der Waals surface area (Å²) in [6, 6.07) is 8.29. The lowest BCUT2D eigenvalue weighted by Crippen LogP contribution is -2.38. The van der Waals surface area contributed by atoms with Crippen molar-refractivity contribution in [2.45, 2.75) is 32.2 Å². The van der Waals surface area contributed by atoms with E-state index >= 15 is 0 Å². The van der Waals surface area contributed by atoms with E-state index in [2.05, 4.69) is 44.2 Å². The predicted octanol–water partition coefficient (Wildman–Crippen LogP) is 2.64. The Bertz CT molecular complexity index is 622. The Morgan fingerprint density at radius 1 is 1.24 bits per heavy atom. The number of nitrogens with zero attached hydrogens (tertiary/aromatic N) is 3. The van der Waals surface area contributed by atoms with Gasteiger partial charge in [0.15, 0.2) is 5.96 Å². The van der Waals surface area contributed by atoms with Gasteiger partial charge >= 0.3 is 0 Å². The molecular formula is C19H29N5O. The summed E-state index contributed by atoms with van der Waals surface area (Å²) in [6.45, 7) is 4.96. The number of aliphatic imine (C=N–C) groups is 1. The zero-order valence-electron chi connectivity index (χ0n) is 15.4. The van der Waals surface area contributed by atoms with Crippen molar-refractivity contribution in [3.63, 3.8) is 0 Å². The van der Waals surface area contributed by atoms with Crippen LogP contribution in [0.1, 0.15) is 31.2 Å². The van der Waals surface area contributed by atoms with Gasteiger partial charge in [-0.3, -0.25) is 4.99 Å². The molecule has 0 saturated heterocycles. The molecular weight excluding hydrogens is 314 g/mol. The lowest BCUT2D eigenvalue weighted by Gasteiger charge is -2.15. The largest absolute Gasteiger partial charge is 0.497 e. The third-order valence-corrected chi connectivity index (χ3v) is 4.22. The molecule has 0 amide bonds. The Labute approximate surface area is 150 Å². The van der Waals surface area contributed by atoms with Crippen molar-refractivity contribution < 1.29 is 4.74 Å². The third-order valence-electron chi connectivity index (χ3n) is 4.22. The van der Waals surface area contributed by atoms with Gasteiger partial charge in [0.2, 0.25) is 0 Å². The fourth-order valence-electron chi connectivity index (χ4n) is 2.61. The average molecular weight is 343 g/mol. The maximum atomic E-state index is 5.21. The van der Waals surface area contributed by atoms with Crippen molar-refractivity contribution in [3.8, 4) is 5.75 Å². The summed E-state index contributed by atoms with van der Waals surface area (Å²) in [7, 11) is 3.49. The van der Waals surface area contributed by atoms with E-state index in [1.54, 1.807) is 20.4 Å². The molecule has 0 aliphatic heterocycles. The number of guanidine groups is 1. The maximum absolute atomic E-state index is 5.21. The summed E-state index contributed by atoms with van der Waals surface area (Å²) >= 11 is 0. The molecule has 25 heavy (non-hydrogen) atoms. The number of hydrogen-bond donors (Lipinski definition) is 2. The van der Waals surface area contributed by atoms with Crippen molar-refractivity contribution in [1.82, 2.24) is 20.2 Å². The molecule has 0 fully saturated rings. The molecule has 2 N–H and O–H groups in total. The Balaban J connectivity index is 1.64. The Morgan fingerprint density at radius 2 is 2.00 bits per heavy atom. The van der Waals surface area contributed by atoms with E-state index < -0.39 is 0 Å². The van der Waals surface area contributed by atoms with Gasteiger partial charge in [0, 0.05) is 39.1 Å². The van der Waals surface area contributed by atoms with Crippen LogP contribution in [0.2, 0.25) is 0 Å². The molecule has 1 atom stereocenters. The van der Waals surface area contributed by atoms with Crippen molar-refractivity contribution in [1.29, 1.82) is 0 Å². The van der Waals surface area contributed by atoms with E-state index in [-0.39, 0.29) is 0 Å².